The molecule has 0 aromatic carbocycles. The number of nitrogens with one attached hydrogen (secondary N) is 1. The Morgan fingerprint density at radius 2 is 2.12 bits per heavy atom. The van der Waals surface area contributed by atoms with E-state index in [0.717, 1.165) is 18.0 Å². The molecule has 1 aromatic rings. The fraction of sp³-hybridized carbons (Fsp3) is 0.818. The fourth-order valence-corrected chi connectivity index (χ4v) is 1.76. The van der Waals surface area contributed by atoms with Gasteiger partial charge in [-0.05, 0) is 14.0 Å². The maximum absolute atomic E-state index is 5.19. The molecule has 0 amide bonds. The molecule has 0 aliphatic rings. The number of rotatable bonds is 5. The lowest BCUT2D eigenvalue weighted by Crippen LogP contribution is -2.23. The van der Waals surface area contributed by atoms with Crippen LogP contribution in [0.3, 0.4) is 0 Å². The summed E-state index contributed by atoms with van der Waals surface area (Å²) in [7, 11) is 1.93. The number of hydrogen-bond donors (Lipinski definition) is 1. The largest absolute Gasteiger partial charge is 0.339 e. The molecule has 0 fully saturated rings. The van der Waals surface area contributed by atoms with Crippen molar-refractivity contribution in [2.24, 2.45) is 0 Å². The Kier molecular flexibility index (Phi) is 4.80. The van der Waals surface area contributed by atoms with E-state index in [2.05, 4.69) is 43.2 Å². The average Bonchev–Trinajstić information content (AvgIpc) is 2.61. The molecule has 1 heterocycles. The second kappa shape index (κ2) is 5.68. The van der Waals surface area contributed by atoms with Crippen molar-refractivity contribution in [1.29, 1.82) is 0 Å². The molecule has 1 unspecified atom stereocenters. The van der Waals surface area contributed by atoms with Crippen LogP contribution in [-0.4, -0.2) is 28.0 Å². The Balaban J connectivity index is 2.45. The van der Waals surface area contributed by atoms with Crippen LogP contribution in [0.15, 0.2) is 4.52 Å². The first kappa shape index (κ1) is 13.5. The van der Waals surface area contributed by atoms with Gasteiger partial charge < -0.3 is 9.84 Å². The highest BCUT2D eigenvalue weighted by atomic mass is 32.2. The second-order valence-corrected chi connectivity index (χ2v) is 6.70. The molecular weight excluding hydrogens is 222 g/mol. The zero-order valence-corrected chi connectivity index (χ0v) is 11.5. The van der Waals surface area contributed by atoms with E-state index in [9.17, 15) is 0 Å². The highest BCUT2D eigenvalue weighted by Crippen LogP contribution is 2.26. The molecule has 0 bridgehead atoms. The third-order valence-corrected chi connectivity index (χ3v) is 3.39. The van der Waals surface area contributed by atoms with Gasteiger partial charge in [0.15, 0.2) is 5.82 Å². The van der Waals surface area contributed by atoms with Gasteiger partial charge in [-0.15, -0.1) is 11.8 Å². The summed E-state index contributed by atoms with van der Waals surface area (Å²) in [5, 5.41) is 7.12. The van der Waals surface area contributed by atoms with Crippen molar-refractivity contribution < 1.29 is 4.52 Å². The Morgan fingerprint density at radius 3 is 2.69 bits per heavy atom. The maximum Gasteiger partial charge on any atom is 0.228 e. The third kappa shape index (κ3) is 4.99. The summed E-state index contributed by atoms with van der Waals surface area (Å²) >= 11 is 1.82. The first-order valence-corrected chi connectivity index (χ1v) is 6.52. The lowest BCUT2D eigenvalue weighted by molar-refractivity contribution is 0.362. The fourth-order valence-electron chi connectivity index (χ4n) is 1.08. The van der Waals surface area contributed by atoms with E-state index in [-0.39, 0.29) is 4.75 Å². The Bertz CT molecular complexity index is 319. The predicted molar refractivity (Wildman–Crippen MR) is 67.6 cm³/mol. The van der Waals surface area contributed by atoms with E-state index in [1.807, 2.05) is 18.8 Å². The van der Waals surface area contributed by atoms with Crippen molar-refractivity contribution in [2.45, 2.75) is 50.7 Å². The average molecular weight is 243 g/mol. The van der Waals surface area contributed by atoms with Gasteiger partial charge in [0, 0.05) is 17.2 Å². The smallest absolute Gasteiger partial charge is 0.228 e. The van der Waals surface area contributed by atoms with Crippen molar-refractivity contribution in [3.8, 4) is 0 Å². The van der Waals surface area contributed by atoms with Gasteiger partial charge in [-0.1, -0.05) is 25.9 Å². The molecule has 4 nitrogen and oxygen atoms in total. The predicted octanol–water partition coefficient (Wildman–Crippen LogP) is 2.25. The molecule has 0 spiro atoms. The molecule has 0 radical (unpaired) electrons. The normalized spacial score (nSPS) is 14.1. The Labute approximate surface area is 102 Å². The Morgan fingerprint density at radius 1 is 1.44 bits per heavy atom. The van der Waals surface area contributed by atoms with Gasteiger partial charge in [-0.25, -0.2) is 0 Å². The van der Waals surface area contributed by atoms with Gasteiger partial charge in [0.2, 0.25) is 5.89 Å². The number of thioether (sulfide) groups is 1. The topological polar surface area (TPSA) is 51.0 Å². The lowest BCUT2D eigenvalue weighted by atomic mass is 10.2. The number of likely N-dealkylation sites (N-methyl/N-ethyl adjacent to an activating group) is 1. The van der Waals surface area contributed by atoms with Gasteiger partial charge in [-0.2, -0.15) is 4.98 Å². The van der Waals surface area contributed by atoms with Crippen LogP contribution in [0.1, 0.15) is 39.4 Å². The SMILES string of the molecule is CNC(C)Cc1nc(CSC(C)(C)C)no1. The summed E-state index contributed by atoms with van der Waals surface area (Å²) in [6.45, 7) is 8.64. The molecule has 0 aliphatic heterocycles. The summed E-state index contributed by atoms with van der Waals surface area (Å²) in [6, 6.07) is 0.364. The summed E-state index contributed by atoms with van der Waals surface area (Å²) in [5.41, 5.74) is 0. The molecule has 5 heteroatoms. The highest BCUT2D eigenvalue weighted by Gasteiger charge is 2.14. The quantitative estimate of drug-likeness (QED) is 0.859. The van der Waals surface area contributed by atoms with Crippen molar-refractivity contribution >= 4 is 11.8 Å². The molecule has 1 aromatic heterocycles. The van der Waals surface area contributed by atoms with Crippen LogP contribution in [0, 0.1) is 0 Å². The molecule has 0 aliphatic carbocycles. The summed E-state index contributed by atoms with van der Waals surface area (Å²) in [6.07, 6.45) is 0.781. The standard InChI is InChI=1S/C11H21N3OS/c1-8(12-5)6-10-13-9(14-15-10)7-16-11(2,3)4/h8,12H,6-7H2,1-5H3. The van der Waals surface area contributed by atoms with E-state index in [1.54, 1.807) is 0 Å². The van der Waals surface area contributed by atoms with Gasteiger partial charge in [-0.3, -0.25) is 0 Å². The van der Waals surface area contributed by atoms with Crippen LogP contribution in [0.4, 0.5) is 0 Å². The number of hydrogen-bond acceptors (Lipinski definition) is 5. The molecule has 1 N–H and O–H groups in total. The molecule has 16 heavy (non-hydrogen) atoms. The van der Waals surface area contributed by atoms with Crippen LogP contribution >= 0.6 is 11.8 Å². The minimum absolute atomic E-state index is 0.235. The van der Waals surface area contributed by atoms with Gasteiger partial charge in [0.05, 0.1) is 5.75 Å². The van der Waals surface area contributed by atoms with E-state index in [0.29, 0.717) is 11.9 Å². The van der Waals surface area contributed by atoms with E-state index < -0.39 is 0 Å². The monoisotopic (exact) mass is 243 g/mol. The summed E-state index contributed by atoms with van der Waals surface area (Å²) < 4.78 is 5.42. The number of nitrogens with zero attached hydrogens (tertiary/aromatic N) is 2. The first-order chi connectivity index (χ1) is 7.40. The van der Waals surface area contributed by atoms with Gasteiger partial charge >= 0.3 is 0 Å². The van der Waals surface area contributed by atoms with Crippen molar-refractivity contribution in [2.75, 3.05) is 7.05 Å². The lowest BCUT2D eigenvalue weighted by Gasteiger charge is -2.15. The van der Waals surface area contributed by atoms with Crippen LogP contribution in [0.25, 0.3) is 0 Å². The second-order valence-electron chi connectivity index (χ2n) is 4.90. The van der Waals surface area contributed by atoms with E-state index in [1.165, 1.54) is 0 Å². The molecule has 1 rings (SSSR count). The minimum atomic E-state index is 0.235. The Hall–Kier alpha value is -0.550. The minimum Gasteiger partial charge on any atom is -0.339 e. The van der Waals surface area contributed by atoms with Gasteiger partial charge in [0.1, 0.15) is 0 Å². The highest BCUT2D eigenvalue weighted by molar-refractivity contribution is 7.99. The number of aromatic nitrogens is 2. The summed E-state index contributed by atoms with van der Waals surface area (Å²) in [4.78, 5) is 4.36. The van der Waals surface area contributed by atoms with Crippen LogP contribution in [0.2, 0.25) is 0 Å². The van der Waals surface area contributed by atoms with Crippen molar-refractivity contribution in [1.82, 2.24) is 15.5 Å². The van der Waals surface area contributed by atoms with Crippen LogP contribution in [0.5, 0.6) is 0 Å². The van der Waals surface area contributed by atoms with Crippen LogP contribution in [-0.2, 0) is 12.2 Å². The zero-order chi connectivity index (χ0) is 12.2. The van der Waals surface area contributed by atoms with Crippen LogP contribution < -0.4 is 5.32 Å². The summed E-state index contributed by atoms with van der Waals surface area (Å²) in [5.74, 6) is 2.31. The molecule has 1 atom stereocenters. The van der Waals surface area contributed by atoms with Crippen molar-refractivity contribution in [3.63, 3.8) is 0 Å². The van der Waals surface area contributed by atoms with Gasteiger partial charge in [0.25, 0.3) is 0 Å². The zero-order valence-electron chi connectivity index (χ0n) is 10.7. The van der Waals surface area contributed by atoms with E-state index >= 15 is 0 Å². The first-order valence-electron chi connectivity index (χ1n) is 5.53. The van der Waals surface area contributed by atoms with E-state index in [4.69, 9.17) is 4.52 Å². The third-order valence-electron chi connectivity index (χ3n) is 2.12. The maximum atomic E-state index is 5.19. The van der Waals surface area contributed by atoms with Crippen molar-refractivity contribution in [3.05, 3.63) is 11.7 Å². The molecule has 0 saturated carbocycles. The molecule has 92 valence electrons. The molecule has 0 saturated heterocycles. The molecular formula is C11H21N3OS.